The summed E-state index contributed by atoms with van der Waals surface area (Å²) in [4.78, 5) is 2.21. The van der Waals surface area contributed by atoms with Gasteiger partial charge in [0.25, 0.3) is 0 Å². The fourth-order valence-corrected chi connectivity index (χ4v) is 2.39. The summed E-state index contributed by atoms with van der Waals surface area (Å²) in [6.45, 7) is 2.42. The third-order valence-electron chi connectivity index (χ3n) is 2.75. The van der Waals surface area contributed by atoms with E-state index in [2.05, 4.69) is 29.2 Å². The summed E-state index contributed by atoms with van der Waals surface area (Å²) in [5, 5.41) is 9.52. The normalized spacial score (nSPS) is 16.4. The van der Waals surface area contributed by atoms with Crippen molar-refractivity contribution in [1.29, 1.82) is 0 Å². The molecule has 0 aliphatic carbocycles. The minimum Gasteiger partial charge on any atom is -0.321 e. The van der Waals surface area contributed by atoms with Gasteiger partial charge in [0.1, 0.15) is 0 Å². The minimum atomic E-state index is 0.404. The quantitative estimate of drug-likeness (QED) is 0.470. The Kier molecular flexibility index (Phi) is 4.20. The molecule has 0 amide bonds. The lowest BCUT2D eigenvalue weighted by atomic mass is 10.0. The lowest BCUT2D eigenvalue weighted by molar-refractivity contribution is -0.0330. The molecular weight excluding hydrogens is 222 g/mol. The zero-order valence-electron chi connectivity index (χ0n) is 9.17. The first-order valence-electron chi connectivity index (χ1n) is 5.38. The maximum atomic E-state index is 9.52. The average molecular weight is 239 g/mol. The molecule has 1 heterocycles. The summed E-state index contributed by atoms with van der Waals surface area (Å²) in [5.41, 5.74) is 8.14. The van der Waals surface area contributed by atoms with E-state index in [0.717, 1.165) is 19.5 Å². The zero-order valence-corrected chi connectivity index (χ0v) is 9.99. The highest BCUT2D eigenvalue weighted by Gasteiger charge is 2.17. The highest BCUT2D eigenvalue weighted by Crippen LogP contribution is 2.19. The molecule has 0 saturated heterocycles. The summed E-state index contributed by atoms with van der Waals surface area (Å²) in [6, 6.07) is 8.47. The van der Waals surface area contributed by atoms with Crippen LogP contribution in [0.2, 0.25) is 0 Å². The van der Waals surface area contributed by atoms with Crippen LogP contribution in [0.5, 0.6) is 0 Å². The largest absolute Gasteiger partial charge is 0.321 e. The standard InChI is InChI=1S/C11H17N3OS/c12-8-16-14(15)9-13-6-5-10-3-1-2-4-11(10)7-13/h1-4,15H,5-9,12H2. The summed E-state index contributed by atoms with van der Waals surface area (Å²) in [7, 11) is 0. The van der Waals surface area contributed by atoms with Gasteiger partial charge in [-0.3, -0.25) is 4.90 Å². The monoisotopic (exact) mass is 239 g/mol. The molecule has 1 aliphatic heterocycles. The van der Waals surface area contributed by atoms with Crippen molar-refractivity contribution in [2.45, 2.75) is 13.0 Å². The van der Waals surface area contributed by atoms with Crippen LogP contribution in [0.15, 0.2) is 24.3 Å². The van der Waals surface area contributed by atoms with Crippen LogP contribution in [0.3, 0.4) is 0 Å². The molecule has 3 N–H and O–H groups in total. The molecule has 16 heavy (non-hydrogen) atoms. The Hall–Kier alpha value is -0.590. The molecule has 0 spiro atoms. The van der Waals surface area contributed by atoms with Crippen LogP contribution in [-0.4, -0.2) is 33.7 Å². The molecule has 4 nitrogen and oxygen atoms in total. The maximum Gasteiger partial charge on any atom is 0.0875 e. The van der Waals surface area contributed by atoms with Gasteiger partial charge < -0.3 is 10.9 Å². The Labute approximate surface area is 100 Å². The molecule has 0 radical (unpaired) electrons. The average Bonchev–Trinajstić information content (AvgIpc) is 2.29. The number of rotatable bonds is 4. The molecule has 1 aromatic rings. The van der Waals surface area contributed by atoms with Gasteiger partial charge in [0.15, 0.2) is 0 Å². The molecule has 0 fully saturated rings. The van der Waals surface area contributed by atoms with Crippen molar-refractivity contribution in [1.82, 2.24) is 9.37 Å². The zero-order chi connectivity index (χ0) is 11.4. The van der Waals surface area contributed by atoms with Gasteiger partial charge in [-0.2, -0.15) is 0 Å². The second kappa shape index (κ2) is 5.65. The Balaban J connectivity index is 1.92. The third kappa shape index (κ3) is 2.96. The van der Waals surface area contributed by atoms with Crippen molar-refractivity contribution < 1.29 is 5.21 Å². The fraction of sp³-hybridized carbons (Fsp3) is 0.455. The lowest BCUT2D eigenvalue weighted by Crippen LogP contribution is -2.37. The van der Waals surface area contributed by atoms with Gasteiger partial charge in [-0.1, -0.05) is 24.3 Å². The smallest absolute Gasteiger partial charge is 0.0875 e. The van der Waals surface area contributed by atoms with Crippen molar-refractivity contribution in [3.63, 3.8) is 0 Å². The van der Waals surface area contributed by atoms with Crippen LogP contribution in [0.1, 0.15) is 11.1 Å². The van der Waals surface area contributed by atoms with Crippen molar-refractivity contribution in [2.24, 2.45) is 5.73 Å². The molecule has 0 unspecified atom stereocenters. The minimum absolute atomic E-state index is 0.404. The Bertz CT molecular complexity index is 348. The first-order chi connectivity index (χ1) is 7.79. The highest BCUT2D eigenvalue weighted by atomic mass is 32.2. The Morgan fingerprint density at radius 2 is 2.12 bits per heavy atom. The SMILES string of the molecule is NCSN(O)CN1CCc2ccccc2C1. The predicted molar refractivity (Wildman–Crippen MR) is 65.7 cm³/mol. The third-order valence-corrected chi connectivity index (χ3v) is 3.32. The molecule has 0 bridgehead atoms. The highest BCUT2D eigenvalue weighted by molar-refractivity contribution is 7.96. The molecular formula is C11H17N3OS. The summed E-state index contributed by atoms with van der Waals surface area (Å²) >= 11 is 1.23. The van der Waals surface area contributed by atoms with E-state index in [1.165, 1.54) is 27.5 Å². The first kappa shape index (κ1) is 11.9. The van der Waals surface area contributed by atoms with Gasteiger partial charge in [0, 0.05) is 13.1 Å². The molecule has 1 aliphatic rings. The number of hydroxylamine groups is 1. The van der Waals surface area contributed by atoms with Crippen LogP contribution in [0.4, 0.5) is 0 Å². The van der Waals surface area contributed by atoms with E-state index in [1.54, 1.807) is 0 Å². The van der Waals surface area contributed by atoms with Crippen molar-refractivity contribution in [3.05, 3.63) is 35.4 Å². The molecule has 1 aromatic carbocycles. The molecule has 2 rings (SSSR count). The first-order valence-corrected chi connectivity index (χ1v) is 6.32. The second-order valence-electron chi connectivity index (χ2n) is 3.86. The maximum absolute atomic E-state index is 9.52. The van der Waals surface area contributed by atoms with Crippen LogP contribution in [0.25, 0.3) is 0 Å². The van der Waals surface area contributed by atoms with Gasteiger partial charge >= 0.3 is 0 Å². The number of nitrogens with two attached hydrogens (primary N) is 1. The van der Waals surface area contributed by atoms with E-state index in [4.69, 9.17) is 5.73 Å². The number of nitrogens with zero attached hydrogens (tertiary/aromatic N) is 2. The molecule has 0 aromatic heterocycles. The second-order valence-corrected chi connectivity index (χ2v) is 4.87. The topological polar surface area (TPSA) is 52.7 Å². The van der Waals surface area contributed by atoms with Crippen molar-refractivity contribution >= 4 is 11.9 Å². The number of fused-ring (bicyclic) bond motifs is 1. The Morgan fingerprint density at radius 1 is 1.38 bits per heavy atom. The molecule has 5 heteroatoms. The van der Waals surface area contributed by atoms with Crippen LogP contribution in [-0.2, 0) is 13.0 Å². The molecule has 0 atom stereocenters. The van der Waals surface area contributed by atoms with Crippen molar-refractivity contribution in [3.8, 4) is 0 Å². The molecule has 0 saturated carbocycles. The van der Waals surface area contributed by atoms with E-state index in [0.29, 0.717) is 12.5 Å². The summed E-state index contributed by atoms with van der Waals surface area (Å²) in [5.74, 6) is 0.404. The van der Waals surface area contributed by atoms with Gasteiger partial charge in [-0.05, 0) is 29.5 Å². The van der Waals surface area contributed by atoms with Crippen molar-refractivity contribution in [2.75, 3.05) is 19.1 Å². The number of hydrogen-bond acceptors (Lipinski definition) is 5. The predicted octanol–water partition coefficient (Wildman–Crippen LogP) is 1.26. The fourth-order valence-electron chi connectivity index (χ4n) is 1.97. The van der Waals surface area contributed by atoms with E-state index < -0.39 is 0 Å². The summed E-state index contributed by atoms with van der Waals surface area (Å²) < 4.78 is 1.20. The number of hydrogen-bond donors (Lipinski definition) is 2. The van der Waals surface area contributed by atoms with Gasteiger partial charge in [0.2, 0.25) is 0 Å². The molecule has 88 valence electrons. The Morgan fingerprint density at radius 3 is 2.88 bits per heavy atom. The van der Waals surface area contributed by atoms with E-state index in [-0.39, 0.29) is 0 Å². The summed E-state index contributed by atoms with van der Waals surface area (Å²) in [6.07, 6.45) is 1.05. The van der Waals surface area contributed by atoms with Gasteiger partial charge in [-0.15, -0.1) is 4.47 Å². The van der Waals surface area contributed by atoms with E-state index in [1.807, 2.05) is 0 Å². The number of benzene rings is 1. The van der Waals surface area contributed by atoms with Crippen LogP contribution in [0, 0.1) is 0 Å². The van der Waals surface area contributed by atoms with E-state index in [9.17, 15) is 5.21 Å². The van der Waals surface area contributed by atoms with Gasteiger partial charge in [-0.25, -0.2) is 0 Å². The van der Waals surface area contributed by atoms with Gasteiger partial charge in [0.05, 0.1) is 12.5 Å². The van der Waals surface area contributed by atoms with Crippen LogP contribution >= 0.6 is 11.9 Å². The van der Waals surface area contributed by atoms with Crippen LogP contribution < -0.4 is 5.73 Å². The van der Waals surface area contributed by atoms with E-state index >= 15 is 0 Å². The lowest BCUT2D eigenvalue weighted by Gasteiger charge is -2.30.